The van der Waals surface area contributed by atoms with Crippen molar-refractivity contribution in [3.05, 3.63) is 54.1 Å². The Hall–Kier alpha value is -3.35. The van der Waals surface area contributed by atoms with E-state index in [1.807, 2.05) is 0 Å². The summed E-state index contributed by atoms with van der Waals surface area (Å²) in [6.07, 6.45) is 3.46. The molecule has 0 bridgehead atoms. The predicted molar refractivity (Wildman–Crippen MR) is 121 cm³/mol. The van der Waals surface area contributed by atoms with Gasteiger partial charge >= 0.3 is 0 Å². The molecule has 0 saturated carbocycles. The van der Waals surface area contributed by atoms with Crippen LogP contribution in [-0.4, -0.2) is 43.3 Å². The number of carbonyl (C=O) groups is 3. The van der Waals surface area contributed by atoms with Crippen LogP contribution in [0.15, 0.2) is 48.5 Å². The minimum Gasteiger partial charge on any atom is -0.376 e. The Kier molecular flexibility index (Phi) is 8.87. The van der Waals surface area contributed by atoms with Crippen LogP contribution in [0.1, 0.15) is 43.0 Å². The standard InChI is InChI=1S/C23H30N4O3/c1-4-5-6-13-21(28)25-19-11-8-12-20(15-19)26-22(29)16-24-18-10-7-9-17(14-18)23(30)27(2)3/h7-12,14-15,24H,4-6,13,16H2,1-3H3,(H,25,28)(H,26,29). The van der Waals surface area contributed by atoms with Crippen molar-refractivity contribution in [2.45, 2.75) is 32.6 Å². The van der Waals surface area contributed by atoms with Gasteiger partial charge in [-0.05, 0) is 42.8 Å². The van der Waals surface area contributed by atoms with Gasteiger partial charge in [-0.2, -0.15) is 0 Å². The van der Waals surface area contributed by atoms with Gasteiger partial charge in [0.25, 0.3) is 5.91 Å². The molecule has 0 aliphatic heterocycles. The summed E-state index contributed by atoms with van der Waals surface area (Å²) >= 11 is 0. The Bertz CT molecular complexity index is 880. The molecule has 30 heavy (non-hydrogen) atoms. The number of hydrogen-bond donors (Lipinski definition) is 3. The van der Waals surface area contributed by atoms with Crippen LogP contribution in [0.4, 0.5) is 17.1 Å². The van der Waals surface area contributed by atoms with Crippen LogP contribution in [0.25, 0.3) is 0 Å². The summed E-state index contributed by atoms with van der Waals surface area (Å²) in [5, 5.41) is 8.68. The minimum absolute atomic E-state index is 0.0271. The van der Waals surface area contributed by atoms with Gasteiger partial charge in [0, 0.05) is 43.1 Å². The fourth-order valence-corrected chi connectivity index (χ4v) is 2.84. The molecule has 0 fully saturated rings. The van der Waals surface area contributed by atoms with Gasteiger partial charge < -0.3 is 20.9 Å². The van der Waals surface area contributed by atoms with Crippen molar-refractivity contribution in [3.8, 4) is 0 Å². The third-order valence-electron chi connectivity index (χ3n) is 4.41. The maximum Gasteiger partial charge on any atom is 0.253 e. The summed E-state index contributed by atoms with van der Waals surface area (Å²) in [6, 6.07) is 14.1. The van der Waals surface area contributed by atoms with Crippen LogP contribution in [0.5, 0.6) is 0 Å². The molecule has 3 amide bonds. The van der Waals surface area contributed by atoms with Gasteiger partial charge in [-0.3, -0.25) is 14.4 Å². The van der Waals surface area contributed by atoms with Crippen molar-refractivity contribution in [3.63, 3.8) is 0 Å². The topological polar surface area (TPSA) is 90.5 Å². The number of hydrogen-bond acceptors (Lipinski definition) is 4. The molecule has 3 N–H and O–H groups in total. The van der Waals surface area contributed by atoms with Crippen molar-refractivity contribution >= 4 is 34.8 Å². The second-order valence-corrected chi connectivity index (χ2v) is 7.27. The number of nitrogens with one attached hydrogen (secondary N) is 3. The van der Waals surface area contributed by atoms with Gasteiger partial charge in [-0.1, -0.05) is 31.9 Å². The van der Waals surface area contributed by atoms with Crippen LogP contribution >= 0.6 is 0 Å². The molecule has 0 unspecified atom stereocenters. The first-order valence-corrected chi connectivity index (χ1v) is 10.1. The zero-order valence-corrected chi connectivity index (χ0v) is 17.8. The number of carbonyl (C=O) groups excluding carboxylic acids is 3. The molecule has 0 aromatic heterocycles. The van der Waals surface area contributed by atoms with Crippen molar-refractivity contribution < 1.29 is 14.4 Å². The van der Waals surface area contributed by atoms with E-state index in [0.29, 0.717) is 29.0 Å². The van der Waals surface area contributed by atoms with Gasteiger partial charge in [0.1, 0.15) is 0 Å². The Labute approximate surface area is 177 Å². The largest absolute Gasteiger partial charge is 0.376 e. The molecule has 2 rings (SSSR count). The normalized spacial score (nSPS) is 10.2. The average molecular weight is 411 g/mol. The van der Waals surface area contributed by atoms with Gasteiger partial charge in [-0.15, -0.1) is 0 Å². The summed E-state index contributed by atoms with van der Waals surface area (Å²) < 4.78 is 0. The molecule has 0 atom stereocenters. The molecule has 0 saturated heterocycles. The molecule has 7 heteroatoms. The molecular formula is C23H30N4O3. The zero-order chi connectivity index (χ0) is 21.9. The van der Waals surface area contributed by atoms with E-state index in [0.717, 1.165) is 19.3 Å². The first kappa shape index (κ1) is 22.9. The Morgan fingerprint density at radius 1 is 0.833 bits per heavy atom. The van der Waals surface area contributed by atoms with Gasteiger partial charge in [-0.25, -0.2) is 0 Å². The average Bonchev–Trinajstić information content (AvgIpc) is 2.72. The van der Waals surface area contributed by atoms with E-state index in [-0.39, 0.29) is 24.3 Å². The van der Waals surface area contributed by atoms with E-state index in [1.165, 1.54) is 4.90 Å². The molecule has 0 aliphatic carbocycles. The van der Waals surface area contributed by atoms with E-state index in [9.17, 15) is 14.4 Å². The SMILES string of the molecule is CCCCCC(=O)Nc1cccc(NC(=O)CNc2cccc(C(=O)N(C)C)c2)c1. The lowest BCUT2D eigenvalue weighted by Gasteiger charge is -2.12. The molecule has 2 aromatic carbocycles. The molecular weight excluding hydrogens is 380 g/mol. The lowest BCUT2D eigenvalue weighted by Crippen LogP contribution is -2.23. The highest BCUT2D eigenvalue weighted by Crippen LogP contribution is 2.16. The number of benzene rings is 2. The molecule has 2 aromatic rings. The predicted octanol–water partition coefficient (Wildman–Crippen LogP) is 3.96. The number of amides is 3. The highest BCUT2D eigenvalue weighted by atomic mass is 16.2. The van der Waals surface area contributed by atoms with Gasteiger partial charge in [0.2, 0.25) is 11.8 Å². The maximum absolute atomic E-state index is 12.3. The number of anilines is 3. The Morgan fingerprint density at radius 3 is 2.13 bits per heavy atom. The number of rotatable bonds is 10. The van der Waals surface area contributed by atoms with Gasteiger partial charge in [0.15, 0.2) is 0 Å². The van der Waals surface area contributed by atoms with Crippen molar-refractivity contribution in [1.29, 1.82) is 0 Å². The minimum atomic E-state index is -0.231. The monoisotopic (exact) mass is 410 g/mol. The van der Waals surface area contributed by atoms with Crippen molar-refractivity contribution in [2.24, 2.45) is 0 Å². The van der Waals surface area contributed by atoms with E-state index in [1.54, 1.807) is 62.6 Å². The van der Waals surface area contributed by atoms with Crippen LogP contribution in [0.2, 0.25) is 0 Å². The van der Waals surface area contributed by atoms with E-state index >= 15 is 0 Å². The first-order valence-electron chi connectivity index (χ1n) is 10.1. The smallest absolute Gasteiger partial charge is 0.253 e. The highest BCUT2D eigenvalue weighted by Gasteiger charge is 2.09. The van der Waals surface area contributed by atoms with Crippen LogP contribution in [-0.2, 0) is 9.59 Å². The second-order valence-electron chi connectivity index (χ2n) is 7.27. The third-order valence-corrected chi connectivity index (χ3v) is 4.41. The first-order chi connectivity index (χ1) is 14.4. The molecule has 160 valence electrons. The van der Waals surface area contributed by atoms with Gasteiger partial charge in [0.05, 0.1) is 6.54 Å². The lowest BCUT2D eigenvalue weighted by atomic mass is 10.2. The summed E-state index contributed by atoms with van der Waals surface area (Å²) in [5.74, 6) is -0.358. The molecule has 0 radical (unpaired) electrons. The lowest BCUT2D eigenvalue weighted by molar-refractivity contribution is -0.116. The molecule has 0 aliphatic rings. The maximum atomic E-state index is 12.3. The Balaban J connectivity index is 1.87. The summed E-state index contributed by atoms with van der Waals surface area (Å²) in [6.45, 7) is 2.15. The Morgan fingerprint density at radius 2 is 1.47 bits per heavy atom. The van der Waals surface area contributed by atoms with E-state index in [2.05, 4.69) is 22.9 Å². The fraction of sp³-hybridized carbons (Fsp3) is 0.348. The summed E-state index contributed by atoms with van der Waals surface area (Å²) in [5.41, 5.74) is 2.49. The van der Waals surface area contributed by atoms with Crippen LogP contribution in [0, 0.1) is 0 Å². The van der Waals surface area contributed by atoms with E-state index in [4.69, 9.17) is 0 Å². The summed E-state index contributed by atoms with van der Waals surface area (Å²) in [4.78, 5) is 37.8. The third kappa shape index (κ3) is 7.58. The zero-order valence-electron chi connectivity index (χ0n) is 17.8. The van der Waals surface area contributed by atoms with Crippen LogP contribution in [0.3, 0.4) is 0 Å². The second kappa shape index (κ2) is 11.6. The fourth-order valence-electron chi connectivity index (χ4n) is 2.84. The molecule has 0 heterocycles. The highest BCUT2D eigenvalue weighted by molar-refractivity contribution is 5.97. The quantitative estimate of drug-likeness (QED) is 0.517. The van der Waals surface area contributed by atoms with Crippen molar-refractivity contribution in [2.75, 3.05) is 36.6 Å². The summed E-state index contributed by atoms with van der Waals surface area (Å²) in [7, 11) is 3.38. The van der Waals surface area contributed by atoms with E-state index < -0.39 is 0 Å². The number of nitrogens with zero attached hydrogens (tertiary/aromatic N) is 1. The molecule has 7 nitrogen and oxygen atoms in total. The molecule has 0 spiro atoms. The van der Waals surface area contributed by atoms with Crippen molar-refractivity contribution in [1.82, 2.24) is 4.90 Å². The number of unbranched alkanes of at least 4 members (excludes halogenated alkanes) is 2. The van der Waals surface area contributed by atoms with Crippen LogP contribution < -0.4 is 16.0 Å².